The molecule has 1 saturated carbocycles. The van der Waals surface area contributed by atoms with Gasteiger partial charge in [0.05, 0.1) is 0 Å². The fourth-order valence-corrected chi connectivity index (χ4v) is 2.74. The van der Waals surface area contributed by atoms with E-state index in [2.05, 4.69) is 35.7 Å². The third-order valence-corrected chi connectivity index (χ3v) is 3.93. The van der Waals surface area contributed by atoms with E-state index in [0.717, 1.165) is 11.7 Å². The maximum Gasteiger partial charge on any atom is 0.223 e. The summed E-state index contributed by atoms with van der Waals surface area (Å²) in [6.45, 7) is 7.00. The fraction of sp³-hybridized carbons (Fsp3) is 0.769. The van der Waals surface area contributed by atoms with Gasteiger partial charge in [-0.25, -0.2) is 9.97 Å². The second-order valence-electron chi connectivity index (χ2n) is 6.12. The molecule has 1 aromatic rings. The number of aromatic nitrogens is 3. The zero-order valence-corrected chi connectivity index (χ0v) is 11.0. The quantitative estimate of drug-likeness (QED) is 0.811. The van der Waals surface area contributed by atoms with Gasteiger partial charge in [0.25, 0.3) is 0 Å². The van der Waals surface area contributed by atoms with Crippen molar-refractivity contribution in [3.8, 4) is 0 Å². The summed E-state index contributed by atoms with van der Waals surface area (Å²) in [5.41, 5.74) is 6.02. The molecule has 1 aromatic heterocycles. The highest BCUT2D eigenvalue weighted by Crippen LogP contribution is 2.42. The van der Waals surface area contributed by atoms with Crippen LogP contribution in [0.3, 0.4) is 0 Å². The first-order valence-corrected chi connectivity index (χ1v) is 6.41. The molecule has 0 amide bonds. The molecule has 0 radical (unpaired) electrons. The van der Waals surface area contributed by atoms with Crippen LogP contribution in [0.25, 0.3) is 0 Å². The van der Waals surface area contributed by atoms with Crippen molar-refractivity contribution in [2.24, 2.45) is 11.3 Å². The molecule has 17 heavy (non-hydrogen) atoms. The molecule has 4 nitrogen and oxygen atoms in total. The molecule has 0 aliphatic heterocycles. The summed E-state index contributed by atoms with van der Waals surface area (Å²) < 4.78 is 0. The van der Waals surface area contributed by atoms with Crippen LogP contribution < -0.4 is 5.73 Å². The fourth-order valence-electron chi connectivity index (χ4n) is 2.74. The molecule has 0 saturated heterocycles. The van der Waals surface area contributed by atoms with Gasteiger partial charge in [0.1, 0.15) is 12.2 Å². The van der Waals surface area contributed by atoms with E-state index < -0.39 is 0 Å². The molecule has 1 fully saturated rings. The third-order valence-electron chi connectivity index (χ3n) is 3.93. The molecule has 1 heterocycles. The first-order chi connectivity index (χ1) is 7.97. The van der Waals surface area contributed by atoms with E-state index in [-0.39, 0.29) is 0 Å². The molecule has 4 heteroatoms. The molecule has 2 N–H and O–H groups in total. The first kappa shape index (κ1) is 12.3. The lowest BCUT2D eigenvalue weighted by molar-refractivity contribution is 0.167. The largest absolute Gasteiger partial charge is 0.368 e. The van der Waals surface area contributed by atoms with Crippen LogP contribution in [0, 0.1) is 11.3 Å². The van der Waals surface area contributed by atoms with Crippen molar-refractivity contribution in [3.63, 3.8) is 0 Å². The van der Waals surface area contributed by atoms with E-state index in [1.165, 1.54) is 32.0 Å². The normalized spacial score (nSPS) is 25.8. The van der Waals surface area contributed by atoms with Gasteiger partial charge in [-0.15, -0.1) is 0 Å². The second kappa shape index (κ2) is 4.59. The predicted molar refractivity (Wildman–Crippen MR) is 68.4 cm³/mol. The highest BCUT2D eigenvalue weighted by atomic mass is 15.1. The van der Waals surface area contributed by atoms with Crippen molar-refractivity contribution in [2.75, 3.05) is 5.73 Å². The molecular formula is C13H22N4. The summed E-state index contributed by atoms with van der Waals surface area (Å²) in [5, 5.41) is 0. The summed E-state index contributed by atoms with van der Waals surface area (Å²) in [7, 11) is 0. The van der Waals surface area contributed by atoms with Gasteiger partial charge in [-0.3, -0.25) is 0 Å². The van der Waals surface area contributed by atoms with Gasteiger partial charge in [0, 0.05) is 5.92 Å². The van der Waals surface area contributed by atoms with Gasteiger partial charge in [-0.05, 0) is 37.0 Å². The van der Waals surface area contributed by atoms with Gasteiger partial charge >= 0.3 is 0 Å². The van der Waals surface area contributed by atoms with Crippen molar-refractivity contribution >= 4 is 5.95 Å². The maximum atomic E-state index is 5.60. The number of nitrogens with two attached hydrogens (primary N) is 1. The van der Waals surface area contributed by atoms with Gasteiger partial charge in [-0.2, -0.15) is 4.98 Å². The minimum Gasteiger partial charge on any atom is -0.368 e. The lowest BCUT2D eigenvalue weighted by atomic mass is 9.70. The summed E-state index contributed by atoms with van der Waals surface area (Å²) in [5.74, 6) is 2.51. The Labute approximate surface area is 103 Å². The Balaban J connectivity index is 2.00. The Morgan fingerprint density at radius 2 is 1.76 bits per heavy atom. The number of hydrogen-bond donors (Lipinski definition) is 1. The van der Waals surface area contributed by atoms with Crippen LogP contribution >= 0.6 is 0 Å². The van der Waals surface area contributed by atoms with Crippen LogP contribution in [0.2, 0.25) is 0 Å². The van der Waals surface area contributed by atoms with E-state index in [0.29, 0.717) is 17.3 Å². The monoisotopic (exact) mass is 234 g/mol. The topological polar surface area (TPSA) is 64.7 Å². The maximum absolute atomic E-state index is 5.60. The standard InChI is InChI=1S/C13H22N4/c1-13(2,3)10-6-4-9(5-7-10)11-15-8-16-12(14)17-11/h8-10H,4-7H2,1-3H3,(H2,14,15,16,17). The van der Waals surface area contributed by atoms with Crippen molar-refractivity contribution in [1.29, 1.82) is 0 Å². The highest BCUT2D eigenvalue weighted by molar-refractivity contribution is 5.14. The van der Waals surface area contributed by atoms with E-state index >= 15 is 0 Å². The van der Waals surface area contributed by atoms with Gasteiger partial charge in [0.2, 0.25) is 5.95 Å². The van der Waals surface area contributed by atoms with Crippen molar-refractivity contribution < 1.29 is 0 Å². The molecule has 0 unspecified atom stereocenters. The van der Waals surface area contributed by atoms with Crippen LogP contribution in [-0.4, -0.2) is 15.0 Å². The summed E-state index contributed by atoms with van der Waals surface area (Å²) in [4.78, 5) is 12.3. The minimum atomic E-state index is 0.341. The highest BCUT2D eigenvalue weighted by Gasteiger charge is 2.31. The number of anilines is 1. The third kappa shape index (κ3) is 2.93. The Morgan fingerprint density at radius 3 is 2.29 bits per heavy atom. The lowest BCUT2D eigenvalue weighted by Gasteiger charge is -2.36. The van der Waals surface area contributed by atoms with Crippen molar-refractivity contribution in [2.45, 2.75) is 52.4 Å². The van der Waals surface area contributed by atoms with E-state index in [1.807, 2.05) is 0 Å². The minimum absolute atomic E-state index is 0.341. The van der Waals surface area contributed by atoms with Crippen molar-refractivity contribution in [3.05, 3.63) is 12.2 Å². The average Bonchev–Trinajstić information content (AvgIpc) is 2.28. The molecule has 0 bridgehead atoms. The van der Waals surface area contributed by atoms with E-state index in [4.69, 9.17) is 5.73 Å². The number of nitrogens with zero attached hydrogens (tertiary/aromatic N) is 3. The van der Waals surface area contributed by atoms with Crippen LogP contribution in [0.15, 0.2) is 6.33 Å². The second-order valence-corrected chi connectivity index (χ2v) is 6.12. The molecule has 1 aliphatic rings. The Kier molecular flexibility index (Phi) is 3.31. The first-order valence-electron chi connectivity index (χ1n) is 6.41. The summed E-state index contributed by atoms with van der Waals surface area (Å²) in [6, 6.07) is 0. The molecule has 1 aliphatic carbocycles. The molecule has 0 spiro atoms. The van der Waals surface area contributed by atoms with Crippen LogP contribution in [0.1, 0.15) is 58.2 Å². The summed E-state index contributed by atoms with van der Waals surface area (Å²) in [6.07, 6.45) is 6.39. The predicted octanol–water partition coefficient (Wildman–Crippen LogP) is 2.77. The van der Waals surface area contributed by atoms with Crippen molar-refractivity contribution in [1.82, 2.24) is 15.0 Å². The van der Waals surface area contributed by atoms with E-state index in [1.54, 1.807) is 0 Å². The van der Waals surface area contributed by atoms with Gasteiger partial charge in [0.15, 0.2) is 0 Å². The lowest BCUT2D eigenvalue weighted by Crippen LogP contribution is -2.25. The number of rotatable bonds is 1. The van der Waals surface area contributed by atoms with Gasteiger partial charge in [-0.1, -0.05) is 20.8 Å². The number of nitrogen functional groups attached to an aromatic ring is 1. The van der Waals surface area contributed by atoms with Gasteiger partial charge < -0.3 is 5.73 Å². The Hall–Kier alpha value is -1.19. The SMILES string of the molecule is CC(C)(C)C1CCC(c2ncnc(N)n2)CC1. The molecule has 94 valence electrons. The zero-order valence-electron chi connectivity index (χ0n) is 11.0. The van der Waals surface area contributed by atoms with Crippen LogP contribution in [0.4, 0.5) is 5.95 Å². The summed E-state index contributed by atoms with van der Waals surface area (Å²) >= 11 is 0. The van der Waals surface area contributed by atoms with E-state index in [9.17, 15) is 0 Å². The molecule has 0 atom stereocenters. The smallest absolute Gasteiger partial charge is 0.223 e. The Morgan fingerprint density at radius 1 is 1.12 bits per heavy atom. The Bertz CT molecular complexity index is 375. The zero-order chi connectivity index (χ0) is 12.5. The average molecular weight is 234 g/mol. The number of hydrogen-bond acceptors (Lipinski definition) is 4. The molecular weight excluding hydrogens is 212 g/mol. The molecule has 2 rings (SSSR count). The van der Waals surface area contributed by atoms with Crippen LogP contribution in [0.5, 0.6) is 0 Å². The molecule has 0 aromatic carbocycles. The van der Waals surface area contributed by atoms with Crippen LogP contribution in [-0.2, 0) is 0 Å².